The Morgan fingerprint density at radius 2 is 2.24 bits per heavy atom. The van der Waals surface area contributed by atoms with E-state index in [-0.39, 0.29) is 29.4 Å². The molecule has 2 radical (unpaired) electrons. The average Bonchev–Trinajstić information content (AvgIpc) is 3.32. The van der Waals surface area contributed by atoms with Crippen LogP contribution in [0, 0.1) is 11.8 Å². The van der Waals surface area contributed by atoms with Gasteiger partial charge in [0.15, 0.2) is 0 Å². The Balaban J connectivity index is 1.86. The number of benzene rings is 1. The molecule has 0 aliphatic carbocycles. The first-order valence-electron chi connectivity index (χ1n) is 9.59. The molecule has 5 nitrogen and oxygen atoms in total. The van der Waals surface area contributed by atoms with E-state index in [2.05, 4.69) is 25.8 Å². The lowest BCUT2D eigenvalue weighted by Gasteiger charge is -2.32. The Labute approximate surface area is 187 Å². The molecular weight excluding hydrogens is 423 g/mol. The second-order valence-electron chi connectivity index (χ2n) is 7.45. The van der Waals surface area contributed by atoms with E-state index in [1.807, 2.05) is 17.5 Å². The highest BCUT2D eigenvalue weighted by atomic mass is 35.5. The van der Waals surface area contributed by atoms with Crippen LogP contribution >= 0.6 is 34.7 Å². The van der Waals surface area contributed by atoms with Gasteiger partial charge in [0, 0.05) is 28.6 Å². The molecule has 1 aliphatic rings. The second kappa shape index (κ2) is 9.75. The highest BCUT2D eigenvalue weighted by molar-refractivity contribution is 8.00. The number of halogens is 1. The Bertz CT molecular complexity index is 849. The summed E-state index contributed by atoms with van der Waals surface area (Å²) in [6.45, 7) is 6.44. The normalized spacial score (nSPS) is 25.0. The van der Waals surface area contributed by atoms with Crippen LogP contribution in [0.15, 0.2) is 40.9 Å². The van der Waals surface area contributed by atoms with Gasteiger partial charge in [0.2, 0.25) is 0 Å². The molecule has 1 aromatic heterocycles. The molecule has 2 aromatic rings. The first-order chi connectivity index (χ1) is 13.8. The maximum atomic E-state index is 6.51. The van der Waals surface area contributed by atoms with Crippen molar-refractivity contribution in [1.29, 1.82) is 0 Å². The molecule has 1 fully saturated rings. The zero-order valence-electron chi connectivity index (χ0n) is 16.8. The van der Waals surface area contributed by atoms with Crippen LogP contribution < -0.4 is 17.0 Å². The maximum absolute atomic E-state index is 6.51. The van der Waals surface area contributed by atoms with Crippen molar-refractivity contribution in [3.8, 4) is 0 Å². The minimum atomic E-state index is -0.0859. The van der Waals surface area contributed by atoms with Crippen LogP contribution in [0.25, 0.3) is 5.70 Å². The van der Waals surface area contributed by atoms with Gasteiger partial charge in [-0.25, -0.2) is 10.8 Å². The number of rotatable bonds is 7. The summed E-state index contributed by atoms with van der Waals surface area (Å²) < 4.78 is 6.49. The lowest BCUT2D eigenvalue weighted by atomic mass is 9.90. The van der Waals surface area contributed by atoms with Crippen LogP contribution in [0.4, 0.5) is 0 Å². The predicted octanol–water partition coefficient (Wildman–Crippen LogP) is 3.59. The third kappa shape index (κ3) is 5.12. The Morgan fingerprint density at radius 3 is 2.86 bits per heavy atom. The van der Waals surface area contributed by atoms with Crippen molar-refractivity contribution in [2.75, 3.05) is 0 Å². The fourth-order valence-corrected chi connectivity index (χ4v) is 5.79. The van der Waals surface area contributed by atoms with Gasteiger partial charge in [-0.05, 0) is 18.4 Å². The fourth-order valence-electron chi connectivity index (χ4n) is 3.64. The summed E-state index contributed by atoms with van der Waals surface area (Å²) in [5.74, 6) is 6.99. The van der Waals surface area contributed by atoms with E-state index in [1.54, 1.807) is 35.2 Å². The molecule has 0 amide bonds. The number of nitrogens with two attached hydrogens (primary N) is 2. The van der Waals surface area contributed by atoms with Gasteiger partial charge in [-0.2, -0.15) is 0 Å². The quantitative estimate of drug-likeness (QED) is 0.383. The minimum absolute atomic E-state index is 0.0177. The van der Waals surface area contributed by atoms with Crippen LogP contribution in [0.2, 0.25) is 5.02 Å². The number of hydrazine groups is 1. The van der Waals surface area contributed by atoms with Gasteiger partial charge in [0.05, 0.1) is 22.9 Å². The number of nitrogens with zero attached hydrogens (tertiary/aromatic N) is 2. The zero-order chi connectivity index (χ0) is 21.1. The molecule has 4 unspecified atom stereocenters. The van der Waals surface area contributed by atoms with Crippen molar-refractivity contribution in [3.05, 3.63) is 46.0 Å². The number of thiazole rings is 1. The molecule has 29 heavy (non-hydrogen) atoms. The van der Waals surface area contributed by atoms with Crippen LogP contribution in [-0.4, -0.2) is 35.4 Å². The van der Waals surface area contributed by atoms with Crippen LogP contribution in [0.5, 0.6) is 0 Å². The van der Waals surface area contributed by atoms with E-state index < -0.39 is 0 Å². The molecule has 4 atom stereocenters. The number of thioether (sulfide) groups is 1. The minimum Gasteiger partial charge on any atom is -0.395 e. The lowest BCUT2D eigenvalue weighted by Crippen LogP contribution is -2.48. The monoisotopic (exact) mass is 448 g/mol. The molecule has 1 aromatic carbocycles. The molecule has 154 valence electrons. The number of aromatic nitrogens is 1. The van der Waals surface area contributed by atoms with E-state index in [9.17, 15) is 0 Å². The Morgan fingerprint density at radius 1 is 1.48 bits per heavy atom. The van der Waals surface area contributed by atoms with Crippen LogP contribution in [-0.2, 0) is 4.74 Å². The Hall–Kier alpha value is -1.19. The molecule has 9 heteroatoms. The summed E-state index contributed by atoms with van der Waals surface area (Å²) in [6, 6.07) is 5.49. The van der Waals surface area contributed by atoms with E-state index in [1.165, 1.54) is 11.3 Å². The summed E-state index contributed by atoms with van der Waals surface area (Å²) in [5.41, 5.74) is 7.37. The molecule has 0 spiro atoms. The SMILES string of the molecule is [B]c1ccc(Cl)c(SC2OC(C(C)C)C(N(N)/C=C(\N)c3nccs3)C2CC)c1. The van der Waals surface area contributed by atoms with Crippen molar-refractivity contribution in [1.82, 2.24) is 9.99 Å². The second-order valence-corrected chi connectivity index (χ2v) is 9.89. The van der Waals surface area contributed by atoms with Gasteiger partial charge in [0.25, 0.3) is 0 Å². The number of hydrogen-bond donors (Lipinski definition) is 2. The summed E-state index contributed by atoms with van der Waals surface area (Å²) in [5, 5.41) is 5.02. The van der Waals surface area contributed by atoms with Gasteiger partial charge < -0.3 is 15.5 Å². The van der Waals surface area contributed by atoms with E-state index in [4.69, 9.17) is 35.8 Å². The molecule has 0 saturated carbocycles. The standard InChI is InChI=1S/C20H26BClN4OS2/c1-4-13-17(26(24)10-15(23)19-25-7-8-28-19)18(11(2)3)27-20(13)29-16-9-12(21)5-6-14(16)22/h5-11,13,17-18,20H,4,23-24H2,1-3H3/b15-10-. The summed E-state index contributed by atoms with van der Waals surface area (Å²) in [4.78, 5) is 5.18. The number of hydrogen-bond acceptors (Lipinski definition) is 7. The third-order valence-corrected chi connectivity index (χ3v) is 7.60. The number of ether oxygens (including phenoxy) is 1. The van der Waals surface area contributed by atoms with Crippen molar-refractivity contribution in [3.63, 3.8) is 0 Å². The van der Waals surface area contributed by atoms with Gasteiger partial charge in [0.1, 0.15) is 18.3 Å². The molecule has 1 saturated heterocycles. The van der Waals surface area contributed by atoms with Gasteiger partial charge in [-0.3, -0.25) is 0 Å². The predicted molar refractivity (Wildman–Crippen MR) is 124 cm³/mol. The largest absolute Gasteiger partial charge is 0.395 e. The topological polar surface area (TPSA) is 77.4 Å². The highest BCUT2D eigenvalue weighted by Gasteiger charge is 2.47. The maximum Gasteiger partial charge on any atom is 0.140 e. The van der Waals surface area contributed by atoms with E-state index >= 15 is 0 Å². The molecule has 3 rings (SSSR count). The Kier molecular flexibility index (Phi) is 7.56. The fraction of sp³-hybridized carbons (Fsp3) is 0.450. The summed E-state index contributed by atoms with van der Waals surface area (Å²) in [6.07, 6.45) is 4.37. The zero-order valence-corrected chi connectivity index (χ0v) is 19.2. The highest BCUT2D eigenvalue weighted by Crippen LogP contribution is 2.44. The van der Waals surface area contributed by atoms with Gasteiger partial charge in [-0.15, -0.1) is 11.3 Å². The van der Waals surface area contributed by atoms with Crippen molar-refractivity contribution < 1.29 is 4.74 Å². The first kappa shape index (κ1) is 22.5. The molecule has 0 bridgehead atoms. The van der Waals surface area contributed by atoms with E-state index in [0.717, 1.165) is 16.3 Å². The summed E-state index contributed by atoms with van der Waals surface area (Å²) in [7, 11) is 5.95. The van der Waals surface area contributed by atoms with Crippen LogP contribution in [0.3, 0.4) is 0 Å². The third-order valence-electron chi connectivity index (χ3n) is 5.05. The van der Waals surface area contributed by atoms with Crippen molar-refractivity contribution >= 4 is 53.7 Å². The molecule has 4 N–H and O–H groups in total. The van der Waals surface area contributed by atoms with Crippen molar-refractivity contribution in [2.24, 2.45) is 23.4 Å². The van der Waals surface area contributed by atoms with E-state index in [0.29, 0.717) is 16.2 Å². The average molecular weight is 449 g/mol. The molecule has 2 heterocycles. The summed E-state index contributed by atoms with van der Waals surface area (Å²) >= 11 is 9.48. The molecule has 1 aliphatic heterocycles. The van der Waals surface area contributed by atoms with Gasteiger partial charge >= 0.3 is 0 Å². The van der Waals surface area contributed by atoms with Crippen LogP contribution in [0.1, 0.15) is 32.2 Å². The first-order valence-corrected chi connectivity index (χ1v) is 11.7. The molecular formula is C20H26BClN4OS2. The van der Waals surface area contributed by atoms with Crippen molar-refractivity contribution in [2.45, 2.75) is 49.7 Å². The smallest absolute Gasteiger partial charge is 0.140 e. The lowest BCUT2D eigenvalue weighted by molar-refractivity contribution is 0.0308. The van der Waals surface area contributed by atoms with Gasteiger partial charge in [-0.1, -0.05) is 61.7 Å².